The van der Waals surface area contributed by atoms with Crippen LogP contribution in [0.5, 0.6) is 17.2 Å². The molecule has 11 nitrogen and oxygen atoms in total. The van der Waals surface area contributed by atoms with Gasteiger partial charge in [-0.3, -0.25) is 14.4 Å². The van der Waals surface area contributed by atoms with Crippen LogP contribution in [0.4, 0.5) is 0 Å². The SMILES string of the molecule is Cc1noc(C)c1C(=O)N1CC[C@@H]2NC(=O)CN(C)C(=O)c3cc(OCC(C)C)cc(c3)Oc3cccc(c3)CO[C@H]2C1. The quantitative estimate of drug-likeness (QED) is 0.482. The number of rotatable bonds is 4. The van der Waals surface area contributed by atoms with Crippen molar-refractivity contribution in [2.75, 3.05) is 33.3 Å². The number of carbonyl (C=O) groups excluding carboxylic acids is 3. The third-order valence-corrected chi connectivity index (χ3v) is 7.48. The van der Waals surface area contributed by atoms with E-state index >= 15 is 0 Å². The molecular formula is C32H38N4O7. The van der Waals surface area contributed by atoms with E-state index in [0.717, 1.165) is 5.56 Å². The average Bonchev–Trinajstić information content (AvgIpc) is 3.31. The van der Waals surface area contributed by atoms with Crippen molar-refractivity contribution in [2.24, 2.45) is 5.92 Å². The van der Waals surface area contributed by atoms with Gasteiger partial charge in [0.05, 0.1) is 37.6 Å². The molecule has 2 aromatic carbocycles. The van der Waals surface area contributed by atoms with E-state index in [1.54, 1.807) is 44.0 Å². The van der Waals surface area contributed by atoms with Gasteiger partial charge >= 0.3 is 0 Å². The number of nitrogens with one attached hydrogen (secondary N) is 1. The van der Waals surface area contributed by atoms with Crippen molar-refractivity contribution in [3.8, 4) is 17.2 Å². The number of carbonyl (C=O) groups is 3. The summed E-state index contributed by atoms with van der Waals surface area (Å²) in [7, 11) is 1.58. The normalized spacial score (nSPS) is 19.5. The zero-order chi connectivity index (χ0) is 30.7. The Morgan fingerprint density at radius 2 is 1.95 bits per heavy atom. The maximum Gasteiger partial charge on any atom is 0.259 e. The van der Waals surface area contributed by atoms with Crippen molar-refractivity contribution in [3.63, 3.8) is 0 Å². The number of aromatic nitrogens is 1. The fourth-order valence-corrected chi connectivity index (χ4v) is 5.28. The Morgan fingerprint density at radius 3 is 2.70 bits per heavy atom. The number of ether oxygens (including phenoxy) is 3. The number of likely N-dealkylation sites (N-methyl/N-ethyl adjacent to an activating group) is 1. The summed E-state index contributed by atoms with van der Waals surface area (Å²) in [6, 6.07) is 12.2. The number of likely N-dealkylation sites (tertiary alicyclic amines) is 1. The molecule has 43 heavy (non-hydrogen) atoms. The van der Waals surface area contributed by atoms with Gasteiger partial charge < -0.3 is 33.9 Å². The number of fused-ring (bicyclic) bond motifs is 5. The Labute approximate surface area is 251 Å². The molecule has 11 heteroatoms. The summed E-state index contributed by atoms with van der Waals surface area (Å²) in [4.78, 5) is 43.1. The molecule has 0 radical (unpaired) electrons. The summed E-state index contributed by atoms with van der Waals surface area (Å²) >= 11 is 0. The fourth-order valence-electron chi connectivity index (χ4n) is 5.28. The molecule has 0 aliphatic carbocycles. The molecule has 1 aromatic heterocycles. The van der Waals surface area contributed by atoms with Gasteiger partial charge in [-0.05, 0) is 56.0 Å². The third-order valence-electron chi connectivity index (χ3n) is 7.48. The third kappa shape index (κ3) is 7.16. The van der Waals surface area contributed by atoms with Gasteiger partial charge in [-0.2, -0.15) is 0 Å². The summed E-state index contributed by atoms with van der Waals surface area (Å²) in [5.74, 6) is 1.43. The van der Waals surface area contributed by atoms with Crippen LogP contribution in [0.15, 0.2) is 47.0 Å². The lowest BCUT2D eigenvalue weighted by molar-refractivity contribution is -0.124. The lowest BCUT2D eigenvalue weighted by atomic mass is 10.00. The summed E-state index contributed by atoms with van der Waals surface area (Å²) in [6.45, 7) is 8.78. The fraction of sp³-hybridized carbons (Fsp3) is 0.438. The van der Waals surface area contributed by atoms with Gasteiger partial charge in [0.25, 0.3) is 11.8 Å². The highest BCUT2D eigenvalue weighted by atomic mass is 16.5. The molecule has 3 aromatic rings. The number of benzene rings is 2. The minimum atomic E-state index is -0.492. The van der Waals surface area contributed by atoms with Crippen LogP contribution in [0.3, 0.4) is 0 Å². The standard InChI is InChI=1S/C32H38N4O7/c1-19(2)17-40-25-12-23-13-26(14-25)42-24-8-6-7-22(11-24)18-41-28-15-36(32(39)30-20(3)34-43-21(30)4)10-9-27(28)33-29(37)16-35(5)31(23)38/h6-8,11-14,19,27-28H,9-10,15-18H2,1-5H3,(H,33,37)/t27-,28-/m0/s1. The highest BCUT2D eigenvalue weighted by Crippen LogP contribution is 2.30. The molecule has 0 spiro atoms. The van der Waals surface area contributed by atoms with Crippen molar-refractivity contribution in [3.05, 3.63) is 70.6 Å². The molecule has 2 aliphatic rings. The Hall–Kier alpha value is -4.38. The summed E-state index contributed by atoms with van der Waals surface area (Å²) in [6.07, 6.45) is -0.0145. The van der Waals surface area contributed by atoms with Gasteiger partial charge in [0.15, 0.2) is 0 Å². The number of piperidine rings is 1. The maximum absolute atomic E-state index is 13.4. The largest absolute Gasteiger partial charge is 0.493 e. The van der Waals surface area contributed by atoms with Gasteiger partial charge in [0.2, 0.25) is 5.91 Å². The van der Waals surface area contributed by atoms with E-state index in [9.17, 15) is 14.4 Å². The first kappa shape index (κ1) is 30.1. The minimum Gasteiger partial charge on any atom is -0.493 e. The summed E-state index contributed by atoms with van der Waals surface area (Å²) in [5.41, 5.74) is 2.18. The molecule has 4 bridgehead atoms. The molecule has 0 unspecified atom stereocenters. The zero-order valence-corrected chi connectivity index (χ0v) is 25.2. The lowest BCUT2D eigenvalue weighted by Crippen LogP contribution is -2.57. The molecule has 5 rings (SSSR count). The molecule has 2 atom stereocenters. The molecule has 228 valence electrons. The Kier molecular flexibility index (Phi) is 9.00. The summed E-state index contributed by atoms with van der Waals surface area (Å²) < 4.78 is 23.7. The number of hydrogen-bond donors (Lipinski definition) is 1. The van der Waals surface area contributed by atoms with E-state index in [0.29, 0.717) is 65.3 Å². The second-order valence-corrected chi connectivity index (χ2v) is 11.6. The van der Waals surface area contributed by atoms with Crippen LogP contribution in [0.2, 0.25) is 0 Å². The van der Waals surface area contributed by atoms with Crippen LogP contribution in [0.1, 0.15) is 58.0 Å². The molecule has 0 saturated carbocycles. The van der Waals surface area contributed by atoms with Gasteiger partial charge in [-0.1, -0.05) is 31.1 Å². The molecule has 1 fully saturated rings. The predicted molar refractivity (Wildman–Crippen MR) is 157 cm³/mol. The first-order valence-electron chi connectivity index (χ1n) is 14.5. The van der Waals surface area contributed by atoms with Gasteiger partial charge in [0.1, 0.15) is 28.6 Å². The van der Waals surface area contributed by atoms with Crippen LogP contribution < -0.4 is 14.8 Å². The molecule has 2 aliphatic heterocycles. The van der Waals surface area contributed by atoms with Crippen LogP contribution in [0, 0.1) is 19.8 Å². The molecule has 1 saturated heterocycles. The molecule has 3 heterocycles. The van der Waals surface area contributed by atoms with Crippen molar-refractivity contribution in [2.45, 2.75) is 52.9 Å². The Morgan fingerprint density at radius 1 is 1.14 bits per heavy atom. The van der Waals surface area contributed by atoms with E-state index < -0.39 is 6.10 Å². The molecule has 1 N–H and O–H groups in total. The molecular weight excluding hydrogens is 552 g/mol. The van der Waals surface area contributed by atoms with Crippen molar-refractivity contribution in [1.29, 1.82) is 0 Å². The van der Waals surface area contributed by atoms with E-state index in [4.69, 9.17) is 18.7 Å². The first-order chi connectivity index (χ1) is 20.6. The topological polar surface area (TPSA) is 123 Å². The van der Waals surface area contributed by atoms with Crippen molar-refractivity contribution >= 4 is 17.7 Å². The second kappa shape index (κ2) is 12.9. The predicted octanol–water partition coefficient (Wildman–Crippen LogP) is 4.12. The average molecular weight is 591 g/mol. The number of aryl methyl sites for hydroxylation is 2. The van der Waals surface area contributed by atoms with E-state index in [1.165, 1.54) is 4.90 Å². The lowest BCUT2D eigenvalue weighted by Gasteiger charge is -2.39. The number of hydrogen-bond acceptors (Lipinski definition) is 8. The van der Waals surface area contributed by atoms with E-state index in [2.05, 4.69) is 10.5 Å². The zero-order valence-electron chi connectivity index (χ0n) is 25.2. The van der Waals surface area contributed by atoms with Gasteiger partial charge in [0, 0.05) is 31.8 Å². The van der Waals surface area contributed by atoms with Gasteiger partial charge in [-0.15, -0.1) is 0 Å². The minimum absolute atomic E-state index is 0.157. The van der Waals surface area contributed by atoms with Crippen LogP contribution >= 0.6 is 0 Å². The van der Waals surface area contributed by atoms with E-state index in [-0.39, 0.29) is 43.5 Å². The number of amides is 3. The monoisotopic (exact) mass is 590 g/mol. The van der Waals surface area contributed by atoms with Crippen LogP contribution in [0.25, 0.3) is 0 Å². The highest BCUT2D eigenvalue weighted by molar-refractivity contribution is 5.97. The van der Waals surface area contributed by atoms with Gasteiger partial charge in [-0.25, -0.2) is 0 Å². The second-order valence-electron chi connectivity index (χ2n) is 11.6. The van der Waals surface area contributed by atoms with Crippen molar-refractivity contribution in [1.82, 2.24) is 20.3 Å². The van der Waals surface area contributed by atoms with Crippen molar-refractivity contribution < 1.29 is 33.1 Å². The van der Waals surface area contributed by atoms with Crippen LogP contribution in [-0.2, 0) is 16.1 Å². The first-order valence-corrected chi connectivity index (χ1v) is 14.5. The number of nitrogens with zero attached hydrogens (tertiary/aromatic N) is 3. The maximum atomic E-state index is 13.4. The molecule has 3 amide bonds. The highest BCUT2D eigenvalue weighted by Gasteiger charge is 2.35. The smallest absolute Gasteiger partial charge is 0.259 e. The van der Waals surface area contributed by atoms with E-state index in [1.807, 2.05) is 38.1 Å². The Balaban J connectivity index is 1.42. The van der Waals surface area contributed by atoms with Crippen LogP contribution in [-0.4, -0.2) is 78.1 Å². The summed E-state index contributed by atoms with van der Waals surface area (Å²) in [5, 5.41) is 6.97. The Bertz CT molecular complexity index is 1480.